The van der Waals surface area contributed by atoms with Gasteiger partial charge in [0.15, 0.2) is 5.82 Å². The molecular weight excluding hydrogens is 237 g/mol. The maximum Gasteiger partial charge on any atom is 0.164 e. The van der Waals surface area contributed by atoms with Crippen molar-refractivity contribution >= 4 is 0 Å². The molecule has 2 rings (SSSR count). The zero-order valence-electron chi connectivity index (χ0n) is 10.0. The summed E-state index contributed by atoms with van der Waals surface area (Å²) in [6.45, 7) is 2.63. The zero-order valence-corrected chi connectivity index (χ0v) is 10.0. The van der Waals surface area contributed by atoms with Crippen molar-refractivity contribution in [1.29, 1.82) is 0 Å². The number of aromatic nitrogens is 3. The van der Waals surface area contributed by atoms with Gasteiger partial charge in [0.05, 0.1) is 6.61 Å². The molecule has 5 nitrogen and oxygen atoms in total. The van der Waals surface area contributed by atoms with Crippen LogP contribution >= 0.6 is 0 Å². The van der Waals surface area contributed by atoms with Crippen molar-refractivity contribution in [3.63, 3.8) is 0 Å². The summed E-state index contributed by atoms with van der Waals surface area (Å²) in [4.78, 5) is 4.05. The Morgan fingerprint density at radius 1 is 1.39 bits per heavy atom. The first-order chi connectivity index (χ1) is 8.72. The summed E-state index contributed by atoms with van der Waals surface area (Å²) in [6.07, 6.45) is 1.45. The summed E-state index contributed by atoms with van der Waals surface area (Å²) >= 11 is 0. The first kappa shape index (κ1) is 12.5. The molecule has 18 heavy (non-hydrogen) atoms. The van der Waals surface area contributed by atoms with E-state index in [1.807, 2.05) is 6.92 Å². The minimum atomic E-state index is -0.437. The molecule has 0 saturated heterocycles. The fraction of sp³-hybridized carbons (Fsp3) is 0.333. The lowest BCUT2D eigenvalue weighted by atomic mass is 10.2. The summed E-state index contributed by atoms with van der Waals surface area (Å²) in [5.41, 5.74) is 0.474. The van der Waals surface area contributed by atoms with E-state index in [4.69, 9.17) is 9.84 Å². The molecule has 0 aliphatic heterocycles. The molecule has 1 aromatic carbocycles. The van der Waals surface area contributed by atoms with Crippen LogP contribution in [0, 0.1) is 5.82 Å². The molecule has 0 saturated carbocycles. The number of benzene rings is 1. The highest BCUT2D eigenvalue weighted by Crippen LogP contribution is 2.17. The molecule has 0 radical (unpaired) electrons. The summed E-state index contributed by atoms with van der Waals surface area (Å²) in [5.74, 6) is 0.602. The minimum absolute atomic E-state index is 0.210. The highest BCUT2D eigenvalue weighted by atomic mass is 19.1. The summed E-state index contributed by atoms with van der Waals surface area (Å²) in [6, 6.07) is 4.13. The molecule has 0 fully saturated rings. The van der Waals surface area contributed by atoms with Crippen LogP contribution in [0.3, 0.4) is 0 Å². The summed E-state index contributed by atoms with van der Waals surface area (Å²) in [5, 5.41) is 13.0. The third-order valence-electron chi connectivity index (χ3n) is 2.48. The van der Waals surface area contributed by atoms with Crippen LogP contribution in [0.15, 0.2) is 24.5 Å². The maximum absolute atomic E-state index is 13.2. The van der Waals surface area contributed by atoms with E-state index < -0.39 is 5.82 Å². The monoisotopic (exact) mass is 251 g/mol. The maximum atomic E-state index is 13.2. The van der Waals surface area contributed by atoms with E-state index in [0.717, 1.165) is 0 Å². The van der Waals surface area contributed by atoms with Gasteiger partial charge in [-0.15, -0.1) is 0 Å². The van der Waals surface area contributed by atoms with Crippen LogP contribution in [-0.4, -0.2) is 19.9 Å². The van der Waals surface area contributed by atoms with Gasteiger partial charge in [-0.05, 0) is 24.6 Å². The number of nitrogens with zero attached hydrogens (tertiary/aromatic N) is 3. The van der Waals surface area contributed by atoms with Crippen LogP contribution < -0.4 is 4.74 Å². The molecule has 1 heterocycles. The topological polar surface area (TPSA) is 60.2 Å². The van der Waals surface area contributed by atoms with Crippen LogP contribution in [0.1, 0.15) is 18.3 Å². The van der Waals surface area contributed by atoms with Gasteiger partial charge in [0.1, 0.15) is 24.5 Å². The molecule has 0 unspecified atom stereocenters. The quantitative estimate of drug-likeness (QED) is 0.875. The predicted molar refractivity (Wildman–Crippen MR) is 62.4 cm³/mol. The SMILES string of the molecule is CCn1ncnc1COc1cc(F)cc(CO)c1. The van der Waals surface area contributed by atoms with E-state index in [9.17, 15) is 4.39 Å². The summed E-state index contributed by atoms with van der Waals surface area (Å²) in [7, 11) is 0. The normalized spacial score (nSPS) is 10.6. The lowest BCUT2D eigenvalue weighted by molar-refractivity contribution is 0.272. The van der Waals surface area contributed by atoms with Crippen LogP contribution in [-0.2, 0) is 19.8 Å². The second kappa shape index (κ2) is 5.59. The number of hydrogen-bond acceptors (Lipinski definition) is 4. The third-order valence-corrected chi connectivity index (χ3v) is 2.48. The van der Waals surface area contributed by atoms with Gasteiger partial charge in [0.25, 0.3) is 0 Å². The standard InChI is InChI=1S/C12H14FN3O2/c1-2-16-12(14-8-15-16)7-18-11-4-9(6-17)3-10(13)5-11/h3-5,8,17H,2,6-7H2,1H3. The molecule has 2 aromatic rings. The van der Waals surface area contributed by atoms with E-state index in [1.54, 1.807) is 10.7 Å². The smallest absolute Gasteiger partial charge is 0.164 e. The molecule has 1 N–H and O–H groups in total. The number of rotatable bonds is 5. The molecule has 1 aromatic heterocycles. The molecule has 0 spiro atoms. The third kappa shape index (κ3) is 2.84. The highest BCUT2D eigenvalue weighted by Gasteiger charge is 2.05. The van der Waals surface area contributed by atoms with Crippen molar-refractivity contribution in [2.45, 2.75) is 26.7 Å². The number of aliphatic hydroxyl groups excluding tert-OH is 1. The second-order valence-corrected chi connectivity index (χ2v) is 3.73. The molecule has 0 bridgehead atoms. The molecule has 0 amide bonds. The Labute approximate surface area is 104 Å². The van der Waals surface area contributed by atoms with Crippen LogP contribution in [0.2, 0.25) is 0 Å². The van der Waals surface area contributed by atoms with E-state index in [1.165, 1.54) is 18.5 Å². The highest BCUT2D eigenvalue weighted by molar-refractivity contribution is 5.29. The van der Waals surface area contributed by atoms with Crippen molar-refractivity contribution < 1.29 is 14.2 Å². The lowest BCUT2D eigenvalue weighted by Crippen LogP contribution is -2.07. The number of halogens is 1. The Morgan fingerprint density at radius 2 is 2.22 bits per heavy atom. The van der Waals surface area contributed by atoms with Gasteiger partial charge in [0, 0.05) is 12.6 Å². The first-order valence-corrected chi connectivity index (χ1v) is 5.62. The molecule has 0 aliphatic carbocycles. The van der Waals surface area contributed by atoms with Crippen molar-refractivity contribution in [2.24, 2.45) is 0 Å². The fourth-order valence-corrected chi connectivity index (χ4v) is 1.61. The molecule has 6 heteroatoms. The average molecular weight is 251 g/mol. The van der Waals surface area contributed by atoms with Crippen molar-refractivity contribution in [3.05, 3.63) is 41.7 Å². The Hall–Kier alpha value is -1.95. The van der Waals surface area contributed by atoms with Gasteiger partial charge in [-0.25, -0.2) is 14.1 Å². The average Bonchev–Trinajstić information content (AvgIpc) is 2.83. The molecule has 0 aliphatic rings. The number of aliphatic hydroxyl groups is 1. The van der Waals surface area contributed by atoms with Gasteiger partial charge in [-0.1, -0.05) is 0 Å². The number of ether oxygens (including phenoxy) is 1. The number of hydrogen-bond donors (Lipinski definition) is 1. The zero-order chi connectivity index (χ0) is 13.0. The van der Waals surface area contributed by atoms with E-state index in [2.05, 4.69) is 10.1 Å². The predicted octanol–water partition coefficient (Wildman–Crippen LogP) is 1.51. The lowest BCUT2D eigenvalue weighted by Gasteiger charge is -2.08. The molecular formula is C12H14FN3O2. The van der Waals surface area contributed by atoms with Crippen LogP contribution in [0.25, 0.3) is 0 Å². The Morgan fingerprint density at radius 3 is 2.94 bits per heavy atom. The van der Waals surface area contributed by atoms with E-state index in [-0.39, 0.29) is 13.2 Å². The van der Waals surface area contributed by atoms with Gasteiger partial charge in [-0.2, -0.15) is 5.10 Å². The Balaban J connectivity index is 2.08. The largest absolute Gasteiger partial charge is 0.486 e. The second-order valence-electron chi connectivity index (χ2n) is 3.73. The van der Waals surface area contributed by atoms with Gasteiger partial charge in [0.2, 0.25) is 0 Å². The Kier molecular flexibility index (Phi) is 3.88. The van der Waals surface area contributed by atoms with E-state index in [0.29, 0.717) is 23.7 Å². The molecule has 96 valence electrons. The fourth-order valence-electron chi connectivity index (χ4n) is 1.61. The van der Waals surface area contributed by atoms with Crippen LogP contribution in [0.4, 0.5) is 4.39 Å². The van der Waals surface area contributed by atoms with Crippen molar-refractivity contribution in [3.8, 4) is 5.75 Å². The Bertz CT molecular complexity index is 528. The first-order valence-electron chi connectivity index (χ1n) is 5.62. The van der Waals surface area contributed by atoms with Crippen molar-refractivity contribution in [2.75, 3.05) is 0 Å². The number of aryl methyl sites for hydroxylation is 1. The van der Waals surface area contributed by atoms with Gasteiger partial charge < -0.3 is 9.84 Å². The summed E-state index contributed by atoms with van der Waals surface area (Å²) < 4.78 is 20.3. The van der Waals surface area contributed by atoms with Gasteiger partial charge >= 0.3 is 0 Å². The van der Waals surface area contributed by atoms with Gasteiger partial charge in [-0.3, -0.25) is 0 Å². The minimum Gasteiger partial charge on any atom is -0.486 e. The van der Waals surface area contributed by atoms with E-state index >= 15 is 0 Å². The van der Waals surface area contributed by atoms with Crippen LogP contribution in [0.5, 0.6) is 5.75 Å². The molecule has 0 atom stereocenters. The van der Waals surface area contributed by atoms with Crippen molar-refractivity contribution in [1.82, 2.24) is 14.8 Å².